The number of fused-ring (bicyclic) bond motifs is 7. The van der Waals surface area contributed by atoms with Gasteiger partial charge in [-0.15, -0.1) is 11.8 Å². The van der Waals surface area contributed by atoms with E-state index in [0.717, 1.165) is 0 Å². The molecule has 0 amide bonds. The van der Waals surface area contributed by atoms with Crippen LogP contribution in [-0.4, -0.2) is 23.8 Å². The van der Waals surface area contributed by atoms with E-state index in [0.29, 0.717) is 18.7 Å². The molecule has 2 unspecified atom stereocenters. The van der Waals surface area contributed by atoms with Gasteiger partial charge in [-0.25, -0.2) is 0 Å². The second-order valence-electron chi connectivity index (χ2n) is 9.42. The van der Waals surface area contributed by atoms with E-state index in [9.17, 15) is 5.11 Å². The third-order valence-corrected chi connectivity index (χ3v) is 8.30. The van der Waals surface area contributed by atoms with E-state index in [1.54, 1.807) is 0 Å². The molecular formula is C26H27BO2S. The molecule has 5 rings (SSSR count). The first-order valence-electron chi connectivity index (χ1n) is 10.6. The van der Waals surface area contributed by atoms with Crippen LogP contribution in [0.3, 0.4) is 0 Å². The Kier molecular flexibility index (Phi) is 4.66. The summed E-state index contributed by atoms with van der Waals surface area (Å²) in [6, 6.07) is 21.9. The molecule has 0 bridgehead atoms. The lowest BCUT2D eigenvalue weighted by Gasteiger charge is -2.39. The van der Waals surface area contributed by atoms with Gasteiger partial charge in [0, 0.05) is 16.1 Å². The lowest BCUT2D eigenvalue weighted by Crippen LogP contribution is -2.48. The van der Waals surface area contributed by atoms with E-state index < -0.39 is 11.2 Å². The molecular weight excluding hydrogens is 387 g/mol. The van der Waals surface area contributed by atoms with Crippen LogP contribution in [0.5, 0.6) is 0 Å². The number of allylic oxidation sites excluding steroid dienone is 1. The van der Waals surface area contributed by atoms with Crippen molar-refractivity contribution in [3.05, 3.63) is 82.8 Å². The van der Waals surface area contributed by atoms with Gasteiger partial charge < -0.3 is 9.76 Å². The Labute approximate surface area is 183 Å². The average Bonchev–Trinajstić information content (AvgIpc) is 3.10. The molecule has 1 N–H and O–H groups in total. The van der Waals surface area contributed by atoms with Crippen LogP contribution in [-0.2, 0) is 4.65 Å². The molecule has 2 nitrogen and oxygen atoms in total. The second kappa shape index (κ2) is 7.01. The van der Waals surface area contributed by atoms with Crippen LogP contribution in [0.15, 0.2) is 71.0 Å². The molecule has 1 aliphatic heterocycles. The minimum Gasteiger partial charge on any atom is -0.427 e. The predicted octanol–water partition coefficient (Wildman–Crippen LogP) is 6.04. The molecule has 1 heterocycles. The Balaban J connectivity index is 1.63. The molecule has 3 aromatic rings. The number of hydrogen-bond donors (Lipinski definition) is 1. The van der Waals surface area contributed by atoms with Crippen LogP contribution in [0.4, 0.5) is 0 Å². The van der Waals surface area contributed by atoms with E-state index in [2.05, 4.69) is 66.7 Å². The average molecular weight is 414 g/mol. The SMILES string of the molecule is CC(C)(O)C(C)(C)OBC1=Cc2ccc3ccccc3c2C2Sc3ccccc3C12. The van der Waals surface area contributed by atoms with Gasteiger partial charge in [0.1, 0.15) is 0 Å². The molecule has 0 spiro atoms. The number of rotatable bonds is 4. The normalized spacial score (nSPS) is 20.4. The first kappa shape index (κ1) is 19.9. The second-order valence-corrected chi connectivity index (χ2v) is 10.6. The van der Waals surface area contributed by atoms with Gasteiger partial charge in [0.15, 0.2) is 0 Å². The molecule has 152 valence electrons. The van der Waals surface area contributed by atoms with Gasteiger partial charge in [0.2, 0.25) is 0 Å². The van der Waals surface area contributed by atoms with Crippen molar-refractivity contribution in [1.29, 1.82) is 0 Å². The Hall–Kier alpha value is -2.01. The fourth-order valence-electron chi connectivity index (χ4n) is 4.45. The monoisotopic (exact) mass is 414 g/mol. The maximum atomic E-state index is 10.5. The zero-order chi connectivity index (χ0) is 21.1. The smallest absolute Gasteiger partial charge is 0.306 e. The van der Waals surface area contributed by atoms with Crippen LogP contribution in [0, 0.1) is 0 Å². The summed E-state index contributed by atoms with van der Waals surface area (Å²) in [5.41, 5.74) is 3.84. The van der Waals surface area contributed by atoms with Crippen molar-refractivity contribution in [2.24, 2.45) is 0 Å². The van der Waals surface area contributed by atoms with Crippen LogP contribution in [0.1, 0.15) is 55.6 Å². The van der Waals surface area contributed by atoms with Crippen molar-refractivity contribution in [3.63, 3.8) is 0 Å². The first-order chi connectivity index (χ1) is 14.3. The summed E-state index contributed by atoms with van der Waals surface area (Å²) in [6.07, 6.45) is 2.33. The molecule has 4 heteroatoms. The Morgan fingerprint density at radius 3 is 2.47 bits per heavy atom. The summed E-state index contributed by atoms with van der Waals surface area (Å²) in [7, 11) is 0.513. The molecule has 0 radical (unpaired) electrons. The number of hydrogen-bond acceptors (Lipinski definition) is 3. The topological polar surface area (TPSA) is 29.5 Å². The summed E-state index contributed by atoms with van der Waals surface area (Å²) in [5, 5.41) is 13.5. The quantitative estimate of drug-likeness (QED) is 0.528. The first-order valence-corrected chi connectivity index (χ1v) is 11.5. The fourth-order valence-corrected chi connectivity index (χ4v) is 6.05. The molecule has 30 heavy (non-hydrogen) atoms. The van der Waals surface area contributed by atoms with Crippen molar-refractivity contribution in [2.75, 3.05) is 0 Å². The number of benzene rings is 3. The highest BCUT2D eigenvalue weighted by molar-refractivity contribution is 8.00. The van der Waals surface area contributed by atoms with E-state index in [1.165, 1.54) is 37.8 Å². The van der Waals surface area contributed by atoms with Crippen molar-refractivity contribution in [2.45, 2.75) is 55.0 Å². The molecule has 0 fully saturated rings. The van der Waals surface area contributed by atoms with Crippen LogP contribution >= 0.6 is 11.8 Å². The summed E-state index contributed by atoms with van der Waals surface area (Å²) >= 11 is 1.97. The molecule has 0 saturated carbocycles. The highest BCUT2D eigenvalue weighted by Gasteiger charge is 2.42. The van der Waals surface area contributed by atoms with Gasteiger partial charge in [0.05, 0.1) is 11.2 Å². The van der Waals surface area contributed by atoms with Gasteiger partial charge in [-0.1, -0.05) is 66.1 Å². The lowest BCUT2D eigenvalue weighted by molar-refractivity contribution is -0.0897. The number of aliphatic hydroxyl groups is 1. The molecule has 2 aliphatic rings. The zero-order valence-electron chi connectivity index (χ0n) is 18.0. The van der Waals surface area contributed by atoms with E-state index in [-0.39, 0.29) is 0 Å². The van der Waals surface area contributed by atoms with Crippen LogP contribution in [0.25, 0.3) is 16.8 Å². The summed E-state index contributed by atoms with van der Waals surface area (Å²) in [4.78, 5) is 1.36. The Bertz CT molecular complexity index is 1160. The number of thioether (sulfide) groups is 1. The van der Waals surface area contributed by atoms with Gasteiger partial charge in [-0.2, -0.15) is 0 Å². The van der Waals surface area contributed by atoms with Crippen molar-refractivity contribution in [1.82, 2.24) is 0 Å². The standard InChI is InChI=1S/C26H27BO2S/c1-25(2,28)26(3,4)29-27-20-15-17-14-13-16-9-5-6-10-18(16)22(17)24-23(20)19-11-7-8-12-21(19)30-24/h5-15,23-24,27-28H,1-4H3. The molecule has 0 aromatic heterocycles. The molecule has 0 saturated heterocycles. The lowest BCUT2D eigenvalue weighted by atomic mass is 9.67. The van der Waals surface area contributed by atoms with E-state index >= 15 is 0 Å². The van der Waals surface area contributed by atoms with Gasteiger partial charge >= 0.3 is 7.48 Å². The zero-order valence-corrected chi connectivity index (χ0v) is 18.8. The van der Waals surface area contributed by atoms with Crippen molar-refractivity contribution >= 4 is 36.1 Å². The Morgan fingerprint density at radius 2 is 1.67 bits per heavy atom. The maximum Gasteiger partial charge on any atom is 0.306 e. The Morgan fingerprint density at radius 1 is 0.933 bits per heavy atom. The molecule has 3 aromatic carbocycles. The van der Waals surface area contributed by atoms with Gasteiger partial charge in [0.25, 0.3) is 0 Å². The molecule has 1 aliphatic carbocycles. The van der Waals surface area contributed by atoms with Crippen molar-refractivity contribution in [3.8, 4) is 0 Å². The van der Waals surface area contributed by atoms with E-state index in [1.807, 2.05) is 39.5 Å². The van der Waals surface area contributed by atoms with Gasteiger partial charge in [-0.05, 0) is 61.2 Å². The largest absolute Gasteiger partial charge is 0.427 e. The highest BCUT2D eigenvalue weighted by atomic mass is 32.2. The maximum absolute atomic E-state index is 10.5. The van der Waals surface area contributed by atoms with Crippen LogP contribution in [0.2, 0.25) is 0 Å². The molecule has 2 atom stereocenters. The van der Waals surface area contributed by atoms with Crippen LogP contribution < -0.4 is 0 Å². The fraction of sp³-hybridized carbons (Fsp3) is 0.308. The minimum absolute atomic E-state index is 0.294. The highest BCUT2D eigenvalue weighted by Crippen LogP contribution is 2.60. The predicted molar refractivity (Wildman–Crippen MR) is 128 cm³/mol. The van der Waals surface area contributed by atoms with E-state index in [4.69, 9.17) is 4.65 Å². The van der Waals surface area contributed by atoms with Crippen molar-refractivity contribution < 1.29 is 9.76 Å². The third kappa shape index (κ3) is 3.13. The summed E-state index contributed by atoms with van der Waals surface area (Å²) < 4.78 is 6.33. The summed E-state index contributed by atoms with van der Waals surface area (Å²) in [5.74, 6) is 0.294. The van der Waals surface area contributed by atoms with Gasteiger partial charge in [-0.3, -0.25) is 0 Å². The third-order valence-electron chi connectivity index (χ3n) is 6.91. The summed E-state index contributed by atoms with van der Waals surface area (Å²) in [6.45, 7) is 7.56. The minimum atomic E-state index is -0.919.